The fourth-order valence-corrected chi connectivity index (χ4v) is 2.69. The van der Waals surface area contributed by atoms with E-state index < -0.39 is 0 Å². The molecule has 1 aliphatic rings. The van der Waals surface area contributed by atoms with Gasteiger partial charge in [-0.1, -0.05) is 30.3 Å². The van der Waals surface area contributed by atoms with E-state index in [0.717, 1.165) is 5.56 Å². The lowest BCUT2D eigenvalue weighted by Gasteiger charge is -2.34. The highest BCUT2D eigenvalue weighted by molar-refractivity contribution is 5.94. The smallest absolute Gasteiger partial charge is 0.255 e. The Kier molecular flexibility index (Phi) is 5.09. The van der Waals surface area contributed by atoms with Crippen molar-refractivity contribution in [2.45, 2.75) is 0 Å². The van der Waals surface area contributed by atoms with E-state index in [1.165, 1.54) is 18.3 Å². The second kappa shape index (κ2) is 7.61. The standard InChI is InChI=1S/C19H19N3O3/c23-17-8-7-16(14-20-17)19(25)22-12-10-21(11-13-22)18(24)9-6-15-4-2-1-3-5-15/h1-9,14H,10-13H2,(H,20,23). The molecule has 2 aromatic rings. The zero-order valence-corrected chi connectivity index (χ0v) is 13.7. The third-order valence-corrected chi connectivity index (χ3v) is 4.13. The first kappa shape index (κ1) is 16.7. The van der Waals surface area contributed by atoms with Crippen LogP contribution in [0.25, 0.3) is 6.08 Å². The molecule has 1 aliphatic heterocycles. The van der Waals surface area contributed by atoms with Crippen LogP contribution in [0.15, 0.2) is 59.5 Å². The third kappa shape index (κ3) is 4.23. The quantitative estimate of drug-likeness (QED) is 0.860. The lowest BCUT2D eigenvalue weighted by atomic mass is 10.2. The van der Waals surface area contributed by atoms with Gasteiger partial charge in [-0.2, -0.15) is 0 Å². The molecule has 0 saturated carbocycles. The number of amides is 2. The van der Waals surface area contributed by atoms with Crippen LogP contribution in [0.2, 0.25) is 0 Å². The summed E-state index contributed by atoms with van der Waals surface area (Å²) in [4.78, 5) is 41.6. The minimum absolute atomic E-state index is 0.0556. The van der Waals surface area contributed by atoms with E-state index in [4.69, 9.17) is 0 Å². The van der Waals surface area contributed by atoms with Gasteiger partial charge in [-0.15, -0.1) is 0 Å². The Morgan fingerprint density at radius 3 is 2.24 bits per heavy atom. The minimum atomic E-state index is -0.239. The molecule has 1 aromatic carbocycles. The fraction of sp³-hybridized carbons (Fsp3) is 0.211. The number of nitrogens with zero attached hydrogens (tertiary/aromatic N) is 2. The van der Waals surface area contributed by atoms with E-state index in [9.17, 15) is 14.4 Å². The van der Waals surface area contributed by atoms with Crippen LogP contribution >= 0.6 is 0 Å². The number of aromatic amines is 1. The maximum atomic E-state index is 12.4. The molecule has 2 heterocycles. The number of carbonyl (C=O) groups excluding carboxylic acids is 2. The Balaban J connectivity index is 1.55. The molecular formula is C19H19N3O3. The molecule has 0 bridgehead atoms. The van der Waals surface area contributed by atoms with Crippen LogP contribution in [0.1, 0.15) is 15.9 Å². The Morgan fingerprint density at radius 2 is 1.60 bits per heavy atom. The van der Waals surface area contributed by atoms with Crippen molar-refractivity contribution in [2.24, 2.45) is 0 Å². The molecule has 1 aromatic heterocycles. The van der Waals surface area contributed by atoms with E-state index in [0.29, 0.717) is 31.7 Å². The number of rotatable bonds is 3. The van der Waals surface area contributed by atoms with Gasteiger partial charge >= 0.3 is 0 Å². The zero-order valence-electron chi connectivity index (χ0n) is 13.7. The summed E-state index contributed by atoms with van der Waals surface area (Å²) < 4.78 is 0. The molecule has 2 amide bonds. The number of hydrogen-bond acceptors (Lipinski definition) is 3. The Hall–Kier alpha value is -3.15. The van der Waals surface area contributed by atoms with Crippen molar-refractivity contribution in [3.05, 3.63) is 76.2 Å². The molecule has 0 unspecified atom stereocenters. The van der Waals surface area contributed by atoms with Crippen molar-refractivity contribution in [3.8, 4) is 0 Å². The maximum absolute atomic E-state index is 12.4. The molecule has 0 spiro atoms. The van der Waals surface area contributed by atoms with Crippen LogP contribution < -0.4 is 5.56 Å². The van der Waals surface area contributed by atoms with Crippen LogP contribution in [0, 0.1) is 0 Å². The van der Waals surface area contributed by atoms with Gasteiger partial charge in [-0.3, -0.25) is 14.4 Å². The van der Waals surface area contributed by atoms with Crippen molar-refractivity contribution < 1.29 is 9.59 Å². The Morgan fingerprint density at radius 1 is 0.920 bits per heavy atom. The number of carbonyl (C=O) groups is 2. The molecule has 3 rings (SSSR count). The summed E-state index contributed by atoms with van der Waals surface area (Å²) in [6.45, 7) is 1.94. The lowest BCUT2D eigenvalue weighted by Crippen LogP contribution is -2.50. The van der Waals surface area contributed by atoms with Gasteiger partial charge in [0.15, 0.2) is 0 Å². The average molecular weight is 337 g/mol. The highest BCUT2D eigenvalue weighted by Crippen LogP contribution is 2.09. The second-order valence-corrected chi connectivity index (χ2v) is 5.80. The summed E-state index contributed by atoms with van der Waals surface area (Å²) in [5.74, 6) is -0.192. The van der Waals surface area contributed by atoms with E-state index in [2.05, 4.69) is 4.98 Å². The van der Waals surface area contributed by atoms with Crippen molar-refractivity contribution >= 4 is 17.9 Å². The minimum Gasteiger partial charge on any atom is -0.336 e. The summed E-state index contributed by atoms with van der Waals surface area (Å²) in [5, 5.41) is 0. The lowest BCUT2D eigenvalue weighted by molar-refractivity contribution is -0.127. The largest absolute Gasteiger partial charge is 0.336 e. The molecule has 128 valence electrons. The van der Waals surface area contributed by atoms with Gasteiger partial charge < -0.3 is 14.8 Å². The van der Waals surface area contributed by atoms with Crippen LogP contribution in [0.3, 0.4) is 0 Å². The number of aromatic nitrogens is 1. The molecule has 25 heavy (non-hydrogen) atoms. The molecule has 6 nitrogen and oxygen atoms in total. The predicted octanol–water partition coefficient (Wildman–Crippen LogP) is 1.37. The average Bonchev–Trinajstić information content (AvgIpc) is 2.67. The van der Waals surface area contributed by atoms with Gasteiger partial charge in [0.2, 0.25) is 11.5 Å². The van der Waals surface area contributed by atoms with Crippen LogP contribution in [0.4, 0.5) is 0 Å². The molecule has 1 fully saturated rings. The first-order valence-corrected chi connectivity index (χ1v) is 8.13. The van der Waals surface area contributed by atoms with Crippen molar-refractivity contribution in [2.75, 3.05) is 26.2 Å². The summed E-state index contributed by atoms with van der Waals surface area (Å²) >= 11 is 0. The van der Waals surface area contributed by atoms with E-state index in [-0.39, 0.29) is 17.4 Å². The first-order chi connectivity index (χ1) is 12.1. The predicted molar refractivity (Wildman–Crippen MR) is 95.0 cm³/mol. The molecule has 0 aliphatic carbocycles. The van der Waals surface area contributed by atoms with Gasteiger partial charge in [0.05, 0.1) is 5.56 Å². The van der Waals surface area contributed by atoms with Crippen LogP contribution in [-0.4, -0.2) is 52.8 Å². The number of benzene rings is 1. The summed E-state index contributed by atoms with van der Waals surface area (Å²) in [6.07, 6.45) is 4.78. The molecule has 1 N–H and O–H groups in total. The van der Waals surface area contributed by atoms with Gasteiger partial charge in [-0.25, -0.2) is 0 Å². The zero-order chi connectivity index (χ0) is 17.6. The number of H-pyrrole nitrogens is 1. The second-order valence-electron chi connectivity index (χ2n) is 5.80. The van der Waals surface area contributed by atoms with Gasteiger partial charge in [0, 0.05) is 44.5 Å². The van der Waals surface area contributed by atoms with Gasteiger partial charge in [0.1, 0.15) is 0 Å². The summed E-state index contributed by atoms with van der Waals surface area (Å²) in [7, 11) is 0. The Labute approximate surface area is 145 Å². The topological polar surface area (TPSA) is 73.5 Å². The highest BCUT2D eigenvalue weighted by atomic mass is 16.2. The monoisotopic (exact) mass is 337 g/mol. The number of nitrogens with one attached hydrogen (secondary N) is 1. The van der Waals surface area contributed by atoms with E-state index >= 15 is 0 Å². The van der Waals surface area contributed by atoms with E-state index in [1.807, 2.05) is 30.3 Å². The molecule has 6 heteroatoms. The highest BCUT2D eigenvalue weighted by Gasteiger charge is 2.23. The molecule has 0 atom stereocenters. The summed E-state index contributed by atoms with van der Waals surface area (Å²) in [6, 6.07) is 12.5. The van der Waals surface area contributed by atoms with E-state index in [1.54, 1.807) is 22.0 Å². The first-order valence-electron chi connectivity index (χ1n) is 8.13. The van der Waals surface area contributed by atoms with Gasteiger partial charge in [-0.05, 0) is 17.7 Å². The fourth-order valence-electron chi connectivity index (χ4n) is 2.69. The van der Waals surface area contributed by atoms with Gasteiger partial charge in [0.25, 0.3) is 5.91 Å². The Bertz CT molecular complexity index is 814. The number of piperazine rings is 1. The molecular weight excluding hydrogens is 318 g/mol. The normalized spacial score (nSPS) is 14.7. The molecule has 1 saturated heterocycles. The third-order valence-electron chi connectivity index (χ3n) is 4.13. The SMILES string of the molecule is O=C(C=Cc1ccccc1)N1CCN(C(=O)c2ccc(=O)[nH]c2)CC1. The number of pyridine rings is 1. The van der Waals surface area contributed by atoms with Crippen molar-refractivity contribution in [3.63, 3.8) is 0 Å². The summed E-state index contributed by atoms with van der Waals surface area (Å²) in [5.41, 5.74) is 1.18. The maximum Gasteiger partial charge on any atom is 0.255 e. The van der Waals surface area contributed by atoms with Crippen LogP contribution in [0.5, 0.6) is 0 Å². The van der Waals surface area contributed by atoms with Crippen molar-refractivity contribution in [1.29, 1.82) is 0 Å². The molecule has 0 radical (unpaired) electrons. The van der Waals surface area contributed by atoms with Crippen LogP contribution in [-0.2, 0) is 4.79 Å². The van der Waals surface area contributed by atoms with Crippen molar-refractivity contribution in [1.82, 2.24) is 14.8 Å². The number of hydrogen-bond donors (Lipinski definition) is 1.